The third-order valence-corrected chi connectivity index (χ3v) is 5.37. The van der Waals surface area contributed by atoms with Crippen molar-refractivity contribution in [3.8, 4) is 17.1 Å². The van der Waals surface area contributed by atoms with Gasteiger partial charge in [-0.2, -0.15) is 0 Å². The van der Waals surface area contributed by atoms with Crippen molar-refractivity contribution in [1.29, 1.82) is 0 Å². The fraction of sp³-hybridized carbons (Fsp3) is 0.273. The Morgan fingerprint density at radius 3 is 2.52 bits per heavy atom. The molecule has 5 heteroatoms. The number of hydrogen-bond donors (Lipinski definition) is 0. The van der Waals surface area contributed by atoms with Crippen LogP contribution >= 0.6 is 23.2 Å². The van der Waals surface area contributed by atoms with E-state index < -0.39 is 0 Å². The molecule has 0 amide bonds. The smallest absolute Gasteiger partial charge is 0.235 e. The van der Waals surface area contributed by atoms with Gasteiger partial charge in [-0.25, -0.2) is 9.97 Å². The zero-order chi connectivity index (χ0) is 19.0. The number of nitrogens with zero attached hydrogens (tertiary/aromatic N) is 2. The first-order valence-electron chi connectivity index (χ1n) is 9.04. The molecule has 0 atom stereocenters. The van der Waals surface area contributed by atoms with Gasteiger partial charge in [-0.3, -0.25) is 0 Å². The summed E-state index contributed by atoms with van der Waals surface area (Å²) >= 11 is 12.3. The number of rotatable bonds is 5. The van der Waals surface area contributed by atoms with Crippen LogP contribution in [0.4, 0.5) is 0 Å². The van der Waals surface area contributed by atoms with Gasteiger partial charge in [0.25, 0.3) is 0 Å². The summed E-state index contributed by atoms with van der Waals surface area (Å²) in [6.07, 6.45) is 2.54. The van der Waals surface area contributed by atoms with E-state index in [1.165, 1.54) is 24.0 Å². The van der Waals surface area contributed by atoms with Crippen molar-refractivity contribution in [3.63, 3.8) is 0 Å². The molecule has 0 N–H and O–H groups in total. The van der Waals surface area contributed by atoms with E-state index in [4.69, 9.17) is 32.9 Å². The maximum absolute atomic E-state index is 6.34. The standard InChI is InChI=1S/C22H20Cl2N2O/c1-13-21(19-10-9-17(23)11-20(19)24)25-14(2)22(26-13)27-12-16-5-3-4-6-18(16)15-7-8-15/h3-6,9-11,15H,7-8,12H2,1-2H3. The Labute approximate surface area is 169 Å². The van der Waals surface area contributed by atoms with Gasteiger partial charge in [0.1, 0.15) is 12.3 Å². The summed E-state index contributed by atoms with van der Waals surface area (Å²) in [4.78, 5) is 9.34. The van der Waals surface area contributed by atoms with E-state index in [9.17, 15) is 0 Å². The number of benzene rings is 2. The molecule has 27 heavy (non-hydrogen) atoms. The summed E-state index contributed by atoms with van der Waals surface area (Å²) < 4.78 is 6.03. The van der Waals surface area contributed by atoms with Crippen LogP contribution in [0.2, 0.25) is 10.0 Å². The van der Waals surface area contributed by atoms with Crippen molar-refractivity contribution in [2.45, 2.75) is 39.2 Å². The van der Waals surface area contributed by atoms with Gasteiger partial charge >= 0.3 is 0 Å². The van der Waals surface area contributed by atoms with Gasteiger partial charge < -0.3 is 4.74 Å². The number of aromatic nitrogens is 2. The quantitative estimate of drug-likeness (QED) is 0.490. The first-order valence-corrected chi connectivity index (χ1v) is 9.80. The Balaban J connectivity index is 1.59. The molecule has 0 bridgehead atoms. The predicted molar refractivity (Wildman–Crippen MR) is 110 cm³/mol. The number of aryl methyl sites for hydroxylation is 2. The van der Waals surface area contributed by atoms with Crippen molar-refractivity contribution in [2.75, 3.05) is 0 Å². The number of ether oxygens (including phenoxy) is 1. The highest BCUT2D eigenvalue weighted by Crippen LogP contribution is 2.41. The Morgan fingerprint density at radius 1 is 1.00 bits per heavy atom. The summed E-state index contributed by atoms with van der Waals surface area (Å²) in [5, 5.41) is 1.16. The molecule has 1 aliphatic carbocycles. The molecule has 1 saturated carbocycles. The van der Waals surface area contributed by atoms with Crippen molar-refractivity contribution in [3.05, 3.63) is 75.0 Å². The van der Waals surface area contributed by atoms with Crippen LogP contribution in [0.1, 0.15) is 41.3 Å². The molecule has 3 nitrogen and oxygen atoms in total. The molecule has 1 aromatic heterocycles. The van der Waals surface area contributed by atoms with E-state index >= 15 is 0 Å². The van der Waals surface area contributed by atoms with Crippen molar-refractivity contribution < 1.29 is 4.74 Å². The summed E-state index contributed by atoms with van der Waals surface area (Å²) in [5.74, 6) is 1.25. The largest absolute Gasteiger partial charge is 0.471 e. The lowest BCUT2D eigenvalue weighted by molar-refractivity contribution is 0.288. The van der Waals surface area contributed by atoms with Crippen LogP contribution in [0.3, 0.4) is 0 Å². The lowest BCUT2D eigenvalue weighted by atomic mass is 10.0. The molecule has 0 unspecified atom stereocenters. The summed E-state index contributed by atoms with van der Waals surface area (Å²) in [5.41, 5.74) is 5.70. The fourth-order valence-electron chi connectivity index (χ4n) is 3.26. The van der Waals surface area contributed by atoms with E-state index in [0.29, 0.717) is 28.5 Å². The minimum atomic E-state index is 0.503. The Bertz CT molecular complexity index is 1000. The van der Waals surface area contributed by atoms with Gasteiger partial charge in [-0.1, -0.05) is 47.5 Å². The summed E-state index contributed by atoms with van der Waals surface area (Å²) in [6, 6.07) is 13.9. The van der Waals surface area contributed by atoms with Gasteiger partial charge in [0, 0.05) is 10.6 Å². The highest BCUT2D eigenvalue weighted by Gasteiger charge is 2.25. The van der Waals surface area contributed by atoms with Crippen LogP contribution in [0.5, 0.6) is 5.88 Å². The van der Waals surface area contributed by atoms with Crippen LogP contribution in [-0.4, -0.2) is 9.97 Å². The SMILES string of the molecule is Cc1nc(-c2ccc(Cl)cc2Cl)c(C)nc1OCc1ccccc1C1CC1. The van der Waals surface area contributed by atoms with E-state index in [-0.39, 0.29) is 0 Å². The molecular weight excluding hydrogens is 379 g/mol. The molecule has 0 aliphatic heterocycles. The lowest BCUT2D eigenvalue weighted by Crippen LogP contribution is -2.05. The lowest BCUT2D eigenvalue weighted by Gasteiger charge is -2.14. The Kier molecular flexibility index (Phi) is 5.07. The molecule has 1 aliphatic rings. The second-order valence-corrected chi connectivity index (χ2v) is 7.78. The van der Waals surface area contributed by atoms with Gasteiger partial charge in [0.2, 0.25) is 5.88 Å². The zero-order valence-electron chi connectivity index (χ0n) is 15.3. The highest BCUT2D eigenvalue weighted by atomic mass is 35.5. The van der Waals surface area contributed by atoms with Crippen LogP contribution in [0.15, 0.2) is 42.5 Å². The minimum Gasteiger partial charge on any atom is -0.471 e. The molecular formula is C22H20Cl2N2O. The molecule has 0 saturated heterocycles. The monoisotopic (exact) mass is 398 g/mol. The molecule has 4 rings (SSSR count). The first-order chi connectivity index (χ1) is 13.0. The maximum Gasteiger partial charge on any atom is 0.235 e. The van der Waals surface area contributed by atoms with Gasteiger partial charge in [-0.05, 0) is 61.9 Å². The first kappa shape index (κ1) is 18.3. The highest BCUT2D eigenvalue weighted by molar-refractivity contribution is 6.36. The van der Waals surface area contributed by atoms with Crippen molar-refractivity contribution in [1.82, 2.24) is 9.97 Å². The number of hydrogen-bond acceptors (Lipinski definition) is 3. The van der Waals surface area contributed by atoms with E-state index in [0.717, 1.165) is 22.6 Å². The molecule has 3 aromatic rings. The van der Waals surface area contributed by atoms with Crippen LogP contribution in [0, 0.1) is 13.8 Å². The van der Waals surface area contributed by atoms with Crippen LogP contribution < -0.4 is 4.74 Å². The third kappa shape index (κ3) is 3.95. The van der Waals surface area contributed by atoms with Gasteiger partial charge in [-0.15, -0.1) is 0 Å². The zero-order valence-corrected chi connectivity index (χ0v) is 16.8. The molecule has 0 radical (unpaired) electrons. The van der Waals surface area contributed by atoms with E-state index in [2.05, 4.69) is 29.2 Å². The minimum absolute atomic E-state index is 0.503. The number of halogens is 2. The van der Waals surface area contributed by atoms with Crippen LogP contribution in [-0.2, 0) is 6.61 Å². The van der Waals surface area contributed by atoms with Crippen LogP contribution in [0.25, 0.3) is 11.3 Å². The second-order valence-electron chi connectivity index (χ2n) is 6.93. The average molecular weight is 399 g/mol. The average Bonchev–Trinajstić information content (AvgIpc) is 3.48. The Hall–Kier alpha value is -2.10. The second kappa shape index (κ2) is 7.49. The predicted octanol–water partition coefficient (Wildman–Crippen LogP) is 6.52. The molecule has 138 valence electrons. The van der Waals surface area contributed by atoms with Gasteiger partial charge in [0.15, 0.2) is 0 Å². The molecule has 0 spiro atoms. The summed E-state index contributed by atoms with van der Waals surface area (Å²) in [7, 11) is 0. The third-order valence-electron chi connectivity index (χ3n) is 4.82. The van der Waals surface area contributed by atoms with E-state index in [1.807, 2.05) is 19.9 Å². The maximum atomic E-state index is 6.34. The van der Waals surface area contributed by atoms with E-state index in [1.54, 1.807) is 12.1 Å². The van der Waals surface area contributed by atoms with Crippen molar-refractivity contribution in [2.24, 2.45) is 0 Å². The van der Waals surface area contributed by atoms with Gasteiger partial charge in [0.05, 0.1) is 16.4 Å². The normalized spacial score (nSPS) is 13.6. The van der Waals surface area contributed by atoms with Crippen molar-refractivity contribution >= 4 is 23.2 Å². The Morgan fingerprint density at radius 2 is 1.78 bits per heavy atom. The molecule has 2 aromatic carbocycles. The summed E-state index contributed by atoms with van der Waals surface area (Å²) in [6.45, 7) is 4.32. The molecule has 1 heterocycles. The fourth-order valence-corrected chi connectivity index (χ4v) is 3.76. The topological polar surface area (TPSA) is 35.0 Å². The molecule has 1 fully saturated rings.